The number of rotatable bonds is 5. The molecule has 2 rings (SSSR count). The molecule has 0 saturated carbocycles. The number of aryl methyl sites for hydroxylation is 1. The second-order valence-electron chi connectivity index (χ2n) is 4.53. The first kappa shape index (κ1) is 14.2. The number of phenolic OH excluding ortho intramolecular Hbond substituents is 1. The average molecular weight is 275 g/mol. The van der Waals surface area contributed by atoms with E-state index >= 15 is 0 Å². The van der Waals surface area contributed by atoms with Gasteiger partial charge in [0.05, 0.1) is 12.3 Å². The Kier molecular flexibility index (Phi) is 4.45. The van der Waals surface area contributed by atoms with E-state index in [1.54, 1.807) is 12.1 Å². The fourth-order valence-corrected chi connectivity index (χ4v) is 1.94. The van der Waals surface area contributed by atoms with Crippen molar-refractivity contribution >= 4 is 5.69 Å². The number of benzene rings is 2. The minimum absolute atomic E-state index is 0.315. The Morgan fingerprint density at radius 3 is 2.80 bits per heavy atom. The maximum absolute atomic E-state index is 13.3. The number of hydrogen-bond acceptors (Lipinski definition) is 3. The van der Waals surface area contributed by atoms with Crippen LogP contribution in [0.2, 0.25) is 0 Å². The van der Waals surface area contributed by atoms with Crippen molar-refractivity contribution < 1.29 is 14.2 Å². The van der Waals surface area contributed by atoms with Gasteiger partial charge in [-0.1, -0.05) is 18.2 Å². The summed E-state index contributed by atoms with van der Waals surface area (Å²) in [6, 6.07) is 10.3. The molecular weight excluding hydrogens is 257 g/mol. The van der Waals surface area contributed by atoms with E-state index in [0.717, 1.165) is 17.0 Å². The van der Waals surface area contributed by atoms with Crippen molar-refractivity contribution in [3.05, 3.63) is 53.3 Å². The summed E-state index contributed by atoms with van der Waals surface area (Å²) in [6.45, 7) is 4.81. The molecular formula is C16H18FNO2. The molecule has 0 aliphatic carbocycles. The standard InChI is InChI=1S/C16H18FNO2/c1-3-20-15-9-11(2)7-8-14(15)18-10-12-5-4-6-13(17)16(12)19/h4-9,18-19H,3,10H2,1-2H3. The van der Waals surface area contributed by atoms with Crippen molar-refractivity contribution in [2.75, 3.05) is 11.9 Å². The zero-order valence-corrected chi connectivity index (χ0v) is 11.6. The topological polar surface area (TPSA) is 41.5 Å². The van der Waals surface area contributed by atoms with Gasteiger partial charge in [0.15, 0.2) is 11.6 Å². The van der Waals surface area contributed by atoms with Crippen molar-refractivity contribution in [1.29, 1.82) is 0 Å². The Balaban J connectivity index is 2.16. The lowest BCUT2D eigenvalue weighted by molar-refractivity contribution is 0.341. The Morgan fingerprint density at radius 1 is 1.25 bits per heavy atom. The van der Waals surface area contributed by atoms with Crippen LogP contribution in [0.25, 0.3) is 0 Å². The highest BCUT2D eigenvalue weighted by Crippen LogP contribution is 2.28. The zero-order valence-electron chi connectivity index (χ0n) is 11.6. The molecule has 2 N–H and O–H groups in total. The molecule has 106 valence electrons. The fraction of sp³-hybridized carbons (Fsp3) is 0.250. The van der Waals surface area contributed by atoms with Crippen LogP contribution >= 0.6 is 0 Å². The van der Waals surface area contributed by atoms with Crippen LogP contribution in [0.15, 0.2) is 36.4 Å². The van der Waals surface area contributed by atoms with E-state index in [1.165, 1.54) is 6.07 Å². The highest BCUT2D eigenvalue weighted by Gasteiger charge is 2.08. The Morgan fingerprint density at radius 2 is 2.05 bits per heavy atom. The Bertz CT molecular complexity index is 599. The van der Waals surface area contributed by atoms with Crippen molar-refractivity contribution in [3.8, 4) is 11.5 Å². The average Bonchev–Trinajstić information content (AvgIpc) is 2.42. The number of aromatic hydroxyl groups is 1. The number of ether oxygens (including phenoxy) is 1. The summed E-state index contributed by atoms with van der Waals surface area (Å²) >= 11 is 0. The molecule has 4 heteroatoms. The molecule has 0 aromatic heterocycles. The third-order valence-electron chi connectivity index (χ3n) is 2.98. The molecule has 0 saturated heterocycles. The zero-order chi connectivity index (χ0) is 14.5. The number of halogens is 1. The van der Waals surface area contributed by atoms with Gasteiger partial charge in [0.1, 0.15) is 5.75 Å². The molecule has 2 aromatic rings. The quantitative estimate of drug-likeness (QED) is 0.871. The van der Waals surface area contributed by atoms with Gasteiger partial charge in [-0.2, -0.15) is 0 Å². The van der Waals surface area contributed by atoms with Gasteiger partial charge in [-0.3, -0.25) is 0 Å². The lowest BCUT2D eigenvalue weighted by Gasteiger charge is -2.14. The minimum atomic E-state index is -0.613. The van der Waals surface area contributed by atoms with E-state index < -0.39 is 5.82 Å². The van der Waals surface area contributed by atoms with Crippen molar-refractivity contribution in [2.24, 2.45) is 0 Å². The Labute approximate surface area is 118 Å². The summed E-state index contributed by atoms with van der Waals surface area (Å²) in [5.41, 5.74) is 2.43. The van der Waals surface area contributed by atoms with E-state index in [4.69, 9.17) is 4.74 Å². The number of nitrogens with one attached hydrogen (secondary N) is 1. The summed E-state index contributed by atoms with van der Waals surface area (Å²) < 4.78 is 18.8. The van der Waals surface area contributed by atoms with E-state index in [1.807, 2.05) is 32.0 Å². The normalized spacial score (nSPS) is 10.3. The molecule has 0 aliphatic rings. The van der Waals surface area contributed by atoms with Crippen LogP contribution < -0.4 is 10.1 Å². The van der Waals surface area contributed by atoms with Gasteiger partial charge in [0.25, 0.3) is 0 Å². The van der Waals surface area contributed by atoms with Crippen molar-refractivity contribution in [3.63, 3.8) is 0 Å². The van der Waals surface area contributed by atoms with Crippen molar-refractivity contribution in [1.82, 2.24) is 0 Å². The Hall–Kier alpha value is -2.23. The van der Waals surface area contributed by atoms with Crippen LogP contribution in [0.3, 0.4) is 0 Å². The maximum Gasteiger partial charge on any atom is 0.165 e. The van der Waals surface area contributed by atoms with E-state index in [9.17, 15) is 9.50 Å². The predicted octanol–water partition coefficient (Wildman–Crippen LogP) is 3.85. The van der Waals surface area contributed by atoms with Crippen LogP contribution in [-0.2, 0) is 6.54 Å². The lowest BCUT2D eigenvalue weighted by atomic mass is 10.1. The van der Waals surface area contributed by atoms with Gasteiger partial charge in [-0.25, -0.2) is 4.39 Å². The molecule has 0 bridgehead atoms. The third kappa shape index (κ3) is 3.20. The van der Waals surface area contributed by atoms with Crippen LogP contribution in [0, 0.1) is 12.7 Å². The third-order valence-corrected chi connectivity index (χ3v) is 2.98. The summed E-state index contributed by atoms with van der Waals surface area (Å²) in [4.78, 5) is 0. The van der Waals surface area contributed by atoms with Gasteiger partial charge >= 0.3 is 0 Å². The highest BCUT2D eigenvalue weighted by molar-refractivity contribution is 5.58. The molecule has 3 nitrogen and oxygen atoms in total. The first-order valence-electron chi connectivity index (χ1n) is 6.55. The van der Waals surface area contributed by atoms with Gasteiger partial charge in [-0.15, -0.1) is 0 Å². The molecule has 0 amide bonds. The summed E-state index contributed by atoms with van der Waals surface area (Å²) in [5, 5.41) is 12.8. The largest absolute Gasteiger partial charge is 0.505 e. The number of anilines is 1. The molecule has 20 heavy (non-hydrogen) atoms. The minimum Gasteiger partial charge on any atom is -0.505 e. The summed E-state index contributed by atoms with van der Waals surface area (Å²) in [7, 11) is 0. The first-order chi connectivity index (χ1) is 9.61. The second-order valence-corrected chi connectivity index (χ2v) is 4.53. The SMILES string of the molecule is CCOc1cc(C)ccc1NCc1cccc(F)c1O. The van der Waals surface area contributed by atoms with Crippen LogP contribution in [0.1, 0.15) is 18.1 Å². The van der Waals surface area contributed by atoms with Crippen molar-refractivity contribution in [2.45, 2.75) is 20.4 Å². The van der Waals surface area contributed by atoms with Gasteiger partial charge in [0, 0.05) is 12.1 Å². The second kappa shape index (κ2) is 6.28. The molecule has 0 heterocycles. The maximum atomic E-state index is 13.3. The first-order valence-corrected chi connectivity index (χ1v) is 6.55. The van der Waals surface area contributed by atoms with Gasteiger partial charge < -0.3 is 15.2 Å². The molecule has 0 radical (unpaired) electrons. The van der Waals surface area contributed by atoms with E-state index in [2.05, 4.69) is 5.32 Å². The fourth-order valence-electron chi connectivity index (χ4n) is 1.94. The van der Waals surface area contributed by atoms with Crippen LogP contribution in [0.5, 0.6) is 11.5 Å². The van der Waals surface area contributed by atoms with Gasteiger partial charge in [-0.05, 0) is 37.6 Å². The molecule has 0 aliphatic heterocycles. The van der Waals surface area contributed by atoms with E-state index in [-0.39, 0.29) is 5.75 Å². The molecule has 0 spiro atoms. The number of phenols is 1. The number of para-hydroxylation sites is 1. The molecule has 0 unspecified atom stereocenters. The molecule has 2 aromatic carbocycles. The van der Waals surface area contributed by atoms with Crippen LogP contribution in [0.4, 0.5) is 10.1 Å². The monoisotopic (exact) mass is 275 g/mol. The predicted molar refractivity (Wildman–Crippen MR) is 77.7 cm³/mol. The van der Waals surface area contributed by atoms with E-state index in [0.29, 0.717) is 18.7 Å². The summed E-state index contributed by atoms with van der Waals surface area (Å²) in [6.07, 6.45) is 0. The molecule has 0 atom stereocenters. The molecule has 0 fully saturated rings. The summed E-state index contributed by atoms with van der Waals surface area (Å²) in [5.74, 6) is -0.174. The lowest BCUT2D eigenvalue weighted by Crippen LogP contribution is -2.03. The highest BCUT2D eigenvalue weighted by atomic mass is 19.1. The van der Waals surface area contributed by atoms with Crippen LogP contribution in [-0.4, -0.2) is 11.7 Å². The smallest absolute Gasteiger partial charge is 0.165 e. The van der Waals surface area contributed by atoms with Gasteiger partial charge in [0.2, 0.25) is 0 Å². The number of hydrogen-bond donors (Lipinski definition) is 2.